The maximum absolute atomic E-state index is 6.12. The van der Waals surface area contributed by atoms with Crippen LogP contribution >= 0.6 is 0 Å². The number of hydrogen-bond donors (Lipinski definition) is 0. The molecule has 2 saturated heterocycles. The number of anilines is 2. The van der Waals surface area contributed by atoms with Gasteiger partial charge in [0.1, 0.15) is 0 Å². The summed E-state index contributed by atoms with van der Waals surface area (Å²) in [5.41, 5.74) is 1.23. The second-order valence-electron chi connectivity index (χ2n) is 7.64. The van der Waals surface area contributed by atoms with Gasteiger partial charge in [0.2, 0.25) is 0 Å². The predicted octanol–water partition coefficient (Wildman–Crippen LogP) is 2.75. The minimum Gasteiger partial charge on any atom is -0.490 e. The van der Waals surface area contributed by atoms with E-state index >= 15 is 0 Å². The van der Waals surface area contributed by atoms with Crippen molar-refractivity contribution in [2.45, 2.75) is 51.6 Å². The van der Waals surface area contributed by atoms with Crippen molar-refractivity contribution in [3.63, 3.8) is 0 Å². The largest absolute Gasteiger partial charge is 0.490 e. The summed E-state index contributed by atoms with van der Waals surface area (Å²) in [6.45, 7) is 11.0. The molecule has 0 N–H and O–H groups in total. The van der Waals surface area contributed by atoms with Crippen molar-refractivity contribution in [1.82, 2.24) is 9.88 Å². The van der Waals surface area contributed by atoms with Gasteiger partial charge in [0.05, 0.1) is 18.5 Å². The van der Waals surface area contributed by atoms with Crippen LogP contribution in [0.5, 0.6) is 5.75 Å². The summed E-state index contributed by atoms with van der Waals surface area (Å²) >= 11 is 0. The molecule has 4 rings (SSSR count). The van der Waals surface area contributed by atoms with Crippen LogP contribution in [-0.2, 0) is 0 Å². The van der Waals surface area contributed by atoms with Gasteiger partial charge < -0.3 is 14.5 Å². The highest BCUT2D eigenvalue weighted by atomic mass is 16.5. The highest BCUT2D eigenvalue weighted by molar-refractivity contribution is 5.61. The lowest BCUT2D eigenvalue weighted by atomic mass is 10.1. The number of hydrogen-bond acceptors (Lipinski definition) is 5. The number of rotatable bonds is 2. The molecule has 3 aliphatic rings. The molecule has 0 aromatic carbocycles. The summed E-state index contributed by atoms with van der Waals surface area (Å²) in [6, 6.07) is 3.37. The van der Waals surface area contributed by atoms with Gasteiger partial charge in [-0.25, -0.2) is 4.98 Å². The predicted molar refractivity (Wildman–Crippen MR) is 98.3 cm³/mol. The molecule has 1 atom stereocenters. The third-order valence-corrected chi connectivity index (χ3v) is 5.76. The van der Waals surface area contributed by atoms with Crippen LogP contribution in [0.3, 0.4) is 0 Å². The van der Waals surface area contributed by atoms with Crippen molar-refractivity contribution in [2.24, 2.45) is 0 Å². The molecule has 4 heterocycles. The molecule has 0 saturated carbocycles. The molecular weight excluding hydrogens is 300 g/mol. The van der Waals surface area contributed by atoms with Gasteiger partial charge in [-0.2, -0.15) is 0 Å². The van der Waals surface area contributed by atoms with Crippen LogP contribution in [0.4, 0.5) is 11.5 Å². The van der Waals surface area contributed by atoms with E-state index in [9.17, 15) is 0 Å². The zero-order chi connectivity index (χ0) is 16.5. The smallest absolute Gasteiger partial charge is 0.171 e. The third kappa shape index (κ3) is 3.06. The van der Waals surface area contributed by atoms with Crippen LogP contribution in [0.15, 0.2) is 12.3 Å². The van der Waals surface area contributed by atoms with E-state index in [2.05, 4.69) is 40.8 Å². The van der Waals surface area contributed by atoms with Crippen LogP contribution in [0.1, 0.15) is 39.5 Å². The number of piperidine rings is 1. The molecule has 5 heteroatoms. The van der Waals surface area contributed by atoms with Gasteiger partial charge in [0.15, 0.2) is 11.6 Å². The maximum atomic E-state index is 6.12. The minimum atomic E-state index is 0.524. The van der Waals surface area contributed by atoms with E-state index in [4.69, 9.17) is 9.72 Å². The van der Waals surface area contributed by atoms with Crippen molar-refractivity contribution in [1.29, 1.82) is 0 Å². The van der Waals surface area contributed by atoms with Gasteiger partial charge in [-0.05, 0) is 33.1 Å². The molecule has 0 aliphatic carbocycles. The maximum Gasteiger partial charge on any atom is 0.171 e. The Kier molecular flexibility index (Phi) is 4.53. The van der Waals surface area contributed by atoms with Gasteiger partial charge in [-0.3, -0.25) is 4.90 Å². The van der Waals surface area contributed by atoms with Crippen molar-refractivity contribution < 1.29 is 4.74 Å². The molecule has 5 nitrogen and oxygen atoms in total. The van der Waals surface area contributed by atoms with E-state index < -0.39 is 0 Å². The first-order valence-corrected chi connectivity index (χ1v) is 9.61. The Morgan fingerprint density at radius 1 is 1.12 bits per heavy atom. The van der Waals surface area contributed by atoms with Crippen molar-refractivity contribution in [3.8, 4) is 5.75 Å². The first kappa shape index (κ1) is 16.0. The monoisotopic (exact) mass is 330 g/mol. The molecule has 1 aromatic rings. The fraction of sp³-hybridized carbons (Fsp3) is 0.737. The van der Waals surface area contributed by atoms with Crippen LogP contribution in [-0.4, -0.2) is 61.3 Å². The number of nitrogens with zero attached hydrogens (tertiary/aromatic N) is 4. The average molecular weight is 330 g/mol. The highest BCUT2D eigenvalue weighted by Crippen LogP contribution is 2.36. The quantitative estimate of drug-likeness (QED) is 0.832. The van der Waals surface area contributed by atoms with E-state index in [1.54, 1.807) is 0 Å². The van der Waals surface area contributed by atoms with Crippen molar-refractivity contribution in [2.75, 3.05) is 49.1 Å². The number of ether oxygens (including phenoxy) is 1. The Balaban J connectivity index is 1.56. The van der Waals surface area contributed by atoms with E-state index in [0.29, 0.717) is 12.1 Å². The molecule has 0 amide bonds. The van der Waals surface area contributed by atoms with Gasteiger partial charge >= 0.3 is 0 Å². The molecular formula is C19H30N4O. The van der Waals surface area contributed by atoms with E-state index in [1.807, 2.05) is 0 Å². The van der Waals surface area contributed by atoms with Crippen LogP contribution < -0.4 is 14.5 Å². The van der Waals surface area contributed by atoms with Gasteiger partial charge in [-0.15, -0.1) is 0 Å². The molecule has 0 bridgehead atoms. The average Bonchev–Trinajstić information content (AvgIpc) is 2.80. The van der Waals surface area contributed by atoms with E-state index in [0.717, 1.165) is 57.3 Å². The normalized spacial score (nSPS) is 25.0. The highest BCUT2D eigenvalue weighted by Gasteiger charge is 2.33. The van der Waals surface area contributed by atoms with Crippen molar-refractivity contribution >= 4 is 11.5 Å². The Morgan fingerprint density at radius 2 is 1.96 bits per heavy atom. The standard InChI is InChI=1S/C19H30N4O/c1-15(2)22-9-10-23-16(14-22)6-11-24-18-12-17(13-20-19(18)23)21-7-4-3-5-8-21/h12-13,15-16H,3-11,14H2,1-2H3. The first-order chi connectivity index (χ1) is 11.7. The lowest BCUT2D eigenvalue weighted by molar-refractivity contribution is 0.172. The summed E-state index contributed by atoms with van der Waals surface area (Å²) < 4.78 is 6.12. The fourth-order valence-corrected chi connectivity index (χ4v) is 4.25. The number of pyridine rings is 1. The summed E-state index contributed by atoms with van der Waals surface area (Å²) in [6.07, 6.45) is 7.07. The van der Waals surface area contributed by atoms with Crippen LogP contribution in [0.25, 0.3) is 0 Å². The summed E-state index contributed by atoms with van der Waals surface area (Å²) in [4.78, 5) is 12.4. The topological polar surface area (TPSA) is 31.8 Å². The fourth-order valence-electron chi connectivity index (χ4n) is 4.25. The lowest BCUT2D eigenvalue weighted by Crippen LogP contribution is -2.55. The number of piperazine rings is 1. The van der Waals surface area contributed by atoms with Crippen LogP contribution in [0.2, 0.25) is 0 Å². The Hall–Kier alpha value is -1.49. The van der Waals surface area contributed by atoms with E-state index in [-0.39, 0.29) is 0 Å². The summed E-state index contributed by atoms with van der Waals surface area (Å²) in [7, 11) is 0. The lowest BCUT2D eigenvalue weighted by Gasteiger charge is -2.42. The Bertz CT molecular complexity index is 570. The molecule has 1 aromatic heterocycles. The molecule has 0 radical (unpaired) electrons. The zero-order valence-electron chi connectivity index (χ0n) is 15.1. The molecule has 0 spiro atoms. The SMILES string of the molecule is CC(C)N1CCN2c3ncc(N4CCCCC4)cc3OCCC2C1. The number of fused-ring (bicyclic) bond motifs is 3. The Morgan fingerprint density at radius 3 is 2.75 bits per heavy atom. The van der Waals surface area contributed by atoms with Gasteiger partial charge in [0.25, 0.3) is 0 Å². The molecule has 24 heavy (non-hydrogen) atoms. The molecule has 2 fully saturated rings. The van der Waals surface area contributed by atoms with Crippen molar-refractivity contribution in [3.05, 3.63) is 12.3 Å². The molecule has 1 unspecified atom stereocenters. The first-order valence-electron chi connectivity index (χ1n) is 9.61. The van der Waals surface area contributed by atoms with Crippen LogP contribution in [0, 0.1) is 0 Å². The number of aromatic nitrogens is 1. The van der Waals surface area contributed by atoms with Gasteiger partial charge in [-0.1, -0.05) is 0 Å². The van der Waals surface area contributed by atoms with E-state index in [1.165, 1.54) is 24.9 Å². The third-order valence-electron chi connectivity index (χ3n) is 5.76. The zero-order valence-corrected chi connectivity index (χ0v) is 15.1. The molecule has 3 aliphatic heterocycles. The minimum absolute atomic E-state index is 0.524. The van der Waals surface area contributed by atoms with Gasteiger partial charge in [0, 0.05) is 57.3 Å². The summed E-state index contributed by atoms with van der Waals surface area (Å²) in [5.74, 6) is 2.04. The Labute approximate surface area is 145 Å². The summed E-state index contributed by atoms with van der Waals surface area (Å²) in [5, 5.41) is 0. The second kappa shape index (κ2) is 6.79. The second-order valence-corrected chi connectivity index (χ2v) is 7.64. The molecule has 132 valence electrons.